The van der Waals surface area contributed by atoms with Gasteiger partial charge in [-0.25, -0.2) is 0 Å². The van der Waals surface area contributed by atoms with Crippen LogP contribution in [-0.2, 0) is 9.59 Å². The fraction of sp³-hybridized carbons (Fsp3) is 0.429. The number of Topliss-reactive ketones (excluding diaryl/α,β-unsaturated/α-hetero) is 1. The molecular weight excluding hydrogens is 148 g/mol. The third-order valence-corrected chi connectivity index (χ3v) is 1.74. The van der Waals surface area contributed by atoms with Crippen LogP contribution >= 0.6 is 11.8 Å². The van der Waals surface area contributed by atoms with Crippen molar-refractivity contribution in [3.05, 3.63) is 12.2 Å². The van der Waals surface area contributed by atoms with Crippen molar-refractivity contribution in [2.24, 2.45) is 0 Å². The first-order valence-corrected chi connectivity index (χ1v) is 3.95. The van der Waals surface area contributed by atoms with Crippen molar-refractivity contribution in [2.45, 2.75) is 13.8 Å². The number of carbonyl (C=O) groups excluding carboxylic acids is 2. The molecule has 0 saturated carbocycles. The first-order chi connectivity index (χ1) is 4.59. The Hall–Kier alpha value is -0.570. The van der Waals surface area contributed by atoms with Crippen LogP contribution in [0.1, 0.15) is 13.8 Å². The van der Waals surface area contributed by atoms with Crippen LogP contribution in [0.5, 0.6) is 0 Å². The Morgan fingerprint density at radius 3 is 2.30 bits per heavy atom. The molecule has 0 aromatic rings. The number of carbonyl (C=O) groups is 2. The summed E-state index contributed by atoms with van der Waals surface area (Å²) in [5, 5.41) is -0.213. The Balaban J connectivity index is 3.96. The molecule has 0 aliphatic carbocycles. The van der Waals surface area contributed by atoms with Crippen LogP contribution in [0.3, 0.4) is 0 Å². The minimum Gasteiger partial charge on any atom is -0.294 e. The zero-order chi connectivity index (χ0) is 8.15. The van der Waals surface area contributed by atoms with Crippen molar-refractivity contribution in [1.29, 1.82) is 0 Å². The highest BCUT2D eigenvalue weighted by Gasteiger charge is 2.09. The van der Waals surface area contributed by atoms with Gasteiger partial charge in [-0.1, -0.05) is 25.3 Å². The van der Waals surface area contributed by atoms with Gasteiger partial charge in [0.25, 0.3) is 0 Å². The number of thioether (sulfide) groups is 1. The van der Waals surface area contributed by atoms with Crippen LogP contribution in [0.2, 0.25) is 0 Å². The average molecular weight is 158 g/mol. The van der Waals surface area contributed by atoms with E-state index in [2.05, 4.69) is 6.58 Å². The Morgan fingerprint density at radius 1 is 1.50 bits per heavy atom. The monoisotopic (exact) mass is 158 g/mol. The van der Waals surface area contributed by atoms with Gasteiger partial charge in [-0.05, 0) is 12.7 Å². The summed E-state index contributed by atoms with van der Waals surface area (Å²) in [5.41, 5.74) is 0.0897. The minimum atomic E-state index is -0.244. The fourth-order valence-corrected chi connectivity index (χ4v) is 0.942. The second kappa shape index (κ2) is 4.28. The van der Waals surface area contributed by atoms with Gasteiger partial charge in [-0.15, -0.1) is 0 Å². The van der Waals surface area contributed by atoms with Gasteiger partial charge in [-0.3, -0.25) is 9.59 Å². The molecule has 2 nitrogen and oxygen atoms in total. The fourth-order valence-electron chi connectivity index (χ4n) is 0.362. The number of rotatable bonds is 3. The lowest BCUT2D eigenvalue weighted by Crippen LogP contribution is -2.04. The Kier molecular flexibility index (Phi) is 4.03. The number of hydrogen-bond donors (Lipinski definition) is 0. The van der Waals surface area contributed by atoms with E-state index < -0.39 is 0 Å². The molecule has 0 spiro atoms. The van der Waals surface area contributed by atoms with E-state index in [1.165, 1.54) is 6.92 Å². The quantitative estimate of drug-likeness (QED) is 0.354. The highest BCUT2D eigenvalue weighted by atomic mass is 32.2. The summed E-state index contributed by atoms with van der Waals surface area (Å²) < 4.78 is 0. The van der Waals surface area contributed by atoms with Crippen molar-refractivity contribution >= 4 is 22.7 Å². The van der Waals surface area contributed by atoms with E-state index in [1.807, 2.05) is 6.92 Å². The van der Waals surface area contributed by atoms with Gasteiger partial charge in [0.05, 0.1) is 5.57 Å². The van der Waals surface area contributed by atoms with Crippen LogP contribution in [0, 0.1) is 0 Å². The lowest BCUT2D eigenvalue weighted by Gasteiger charge is -1.95. The maximum atomic E-state index is 10.8. The van der Waals surface area contributed by atoms with Gasteiger partial charge in [0, 0.05) is 0 Å². The molecule has 0 amide bonds. The molecule has 0 fully saturated rings. The third kappa shape index (κ3) is 2.82. The Labute approximate surface area is 64.7 Å². The summed E-state index contributed by atoms with van der Waals surface area (Å²) in [6.45, 7) is 6.55. The number of ketones is 1. The van der Waals surface area contributed by atoms with Gasteiger partial charge in [0.1, 0.15) is 0 Å². The van der Waals surface area contributed by atoms with E-state index >= 15 is 0 Å². The van der Waals surface area contributed by atoms with Crippen LogP contribution in [0.15, 0.2) is 12.2 Å². The summed E-state index contributed by atoms with van der Waals surface area (Å²) >= 11 is 1.11. The van der Waals surface area contributed by atoms with Crippen molar-refractivity contribution in [1.82, 2.24) is 0 Å². The predicted octanol–water partition coefficient (Wildman–Crippen LogP) is 1.41. The molecule has 10 heavy (non-hydrogen) atoms. The molecule has 0 aliphatic rings. The average Bonchev–Trinajstić information content (AvgIpc) is 1.87. The third-order valence-electron chi connectivity index (χ3n) is 0.947. The molecule has 0 rings (SSSR count). The topological polar surface area (TPSA) is 34.1 Å². The van der Waals surface area contributed by atoms with Crippen molar-refractivity contribution in [2.75, 3.05) is 5.75 Å². The van der Waals surface area contributed by atoms with Gasteiger partial charge < -0.3 is 0 Å². The summed E-state index contributed by atoms with van der Waals surface area (Å²) in [4.78, 5) is 21.4. The highest BCUT2D eigenvalue weighted by molar-refractivity contribution is 8.14. The van der Waals surface area contributed by atoms with E-state index in [9.17, 15) is 9.59 Å². The summed E-state index contributed by atoms with van der Waals surface area (Å²) in [6, 6.07) is 0. The molecular formula is C7H10O2S. The Bertz CT molecular complexity index is 172. The summed E-state index contributed by atoms with van der Waals surface area (Å²) in [7, 11) is 0. The summed E-state index contributed by atoms with van der Waals surface area (Å²) in [5.74, 6) is 0.441. The van der Waals surface area contributed by atoms with Crippen LogP contribution in [0.4, 0.5) is 0 Å². The van der Waals surface area contributed by atoms with Crippen LogP contribution in [0.25, 0.3) is 0 Å². The first-order valence-electron chi connectivity index (χ1n) is 2.96. The van der Waals surface area contributed by atoms with Crippen LogP contribution in [-0.4, -0.2) is 16.7 Å². The van der Waals surface area contributed by atoms with Gasteiger partial charge >= 0.3 is 0 Å². The largest absolute Gasteiger partial charge is 0.294 e. The van der Waals surface area contributed by atoms with E-state index in [0.717, 1.165) is 11.8 Å². The molecule has 0 saturated heterocycles. The number of hydrogen-bond acceptors (Lipinski definition) is 3. The molecule has 0 N–H and O–H groups in total. The maximum absolute atomic E-state index is 10.8. The van der Waals surface area contributed by atoms with Gasteiger partial charge in [0.15, 0.2) is 5.78 Å². The minimum absolute atomic E-state index is 0.0897. The van der Waals surface area contributed by atoms with Crippen molar-refractivity contribution in [3.8, 4) is 0 Å². The maximum Gasteiger partial charge on any atom is 0.222 e. The lowest BCUT2D eigenvalue weighted by atomic mass is 10.2. The smallest absolute Gasteiger partial charge is 0.222 e. The molecule has 0 aliphatic heterocycles. The van der Waals surface area contributed by atoms with Gasteiger partial charge in [-0.2, -0.15) is 0 Å². The molecule has 0 bridgehead atoms. The molecule has 0 radical (unpaired) electrons. The summed E-state index contributed by atoms with van der Waals surface area (Å²) in [6.07, 6.45) is 0. The SMILES string of the molecule is C=C(C(C)=O)C(=O)SCC. The second-order valence-corrected chi connectivity index (χ2v) is 2.99. The van der Waals surface area contributed by atoms with E-state index in [1.54, 1.807) is 0 Å². The molecule has 0 unspecified atom stereocenters. The van der Waals surface area contributed by atoms with E-state index in [-0.39, 0.29) is 16.5 Å². The molecule has 0 atom stereocenters. The highest BCUT2D eigenvalue weighted by Crippen LogP contribution is 2.08. The van der Waals surface area contributed by atoms with E-state index in [0.29, 0.717) is 5.75 Å². The molecule has 3 heteroatoms. The molecule has 0 aromatic carbocycles. The van der Waals surface area contributed by atoms with Crippen LogP contribution < -0.4 is 0 Å². The van der Waals surface area contributed by atoms with Gasteiger partial charge in [0.2, 0.25) is 5.12 Å². The Morgan fingerprint density at radius 2 is 2.00 bits per heavy atom. The molecule has 0 heterocycles. The lowest BCUT2D eigenvalue weighted by molar-refractivity contribution is -0.116. The molecule has 56 valence electrons. The van der Waals surface area contributed by atoms with E-state index in [4.69, 9.17) is 0 Å². The zero-order valence-corrected chi connectivity index (χ0v) is 6.96. The second-order valence-electron chi connectivity index (χ2n) is 1.76. The standard InChI is InChI=1S/C7H10O2S/c1-4-10-7(9)5(2)6(3)8/h2,4H2,1,3H3. The first kappa shape index (κ1) is 9.43. The zero-order valence-electron chi connectivity index (χ0n) is 6.14. The predicted molar refractivity (Wildman–Crippen MR) is 43.0 cm³/mol. The normalized spacial score (nSPS) is 9.00. The van der Waals surface area contributed by atoms with Crippen molar-refractivity contribution < 1.29 is 9.59 Å². The molecule has 0 aromatic heterocycles. The van der Waals surface area contributed by atoms with Crippen molar-refractivity contribution in [3.63, 3.8) is 0 Å².